The van der Waals surface area contributed by atoms with Crippen LogP contribution in [0, 0.1) is 12.7 Å². The van der Waals surface area contributed by atoms with Crippen LogP contribution in [0.5, 0.6) is 0 Å². The maximum absolute atomic E-state index is 13.8. The SMILES string of the molecule is CCC(N)c1cc(C)nc2c(F)cc(Br)cc12. The zero-order valence-electron chi connectivity index (χ0n) is 9.80. The fraction of sp³-hybridized carbons (Fsp3) is 0.308. The molecule has 0 aliphatic carbocycles. The van der Waals surface area contributed by atoms with E-state index in [1.54, 1.807) is 0 Å². The molecule has 90 valence electrons. The van der Waals surface area contributed by atoms with Gasteiger partial charge in [0.25, 0.3) is 0 Å². The summed E-state index contributed by atoms with van der Waals surface area (Å²) in [5, 5.41) is 0.789. The molecule has 0 saturated carbocycles. The molecule has 0 amide bonds. The maximum atomic E-state index is 13.8. The summed E-state index contributed by atoms with van der Waals surface area (Å²) in [4.78, 5) is 4.24. The fourth-order valence-electron chi connectivity index (χ4n) is 1.94. The maximum Gasteiger partial charge on any atom is 0.150 e. The van der Waals surface area contributed by atoms with Crippen molar-refractivity contribution < 1.29 is 4.39 Å². The molecule has 0 radical (unpaired) electrons. The molecule has 2 aromatic rings. The molecule has 0 aliphatic rings. The third-order valence-electron chi connectivity index (χ3n) is 2.83. The van der Waals surface area contributed by atoms with Crippen LogP contribution in [-0.4, -0.2) is 4.98 Å². The number of benzene rings is 1. The smallest absolute Gasteiger partial charge is 0.150 e. The van der Waals surface area contributed by atoms with Crippen LogP contribution in [-0.2, 0) is 0 Å². The topological polar surface area (TPSA) is 38.9 Å². The van der Waals surface area contributed by atoms with E-state index in [2.05, 4.69) is 20.9 Å². The normalized spacial score (nSPS) is 13.0. The van der Waals surface area contributed by atoms with E-state index in [1.165, 1.54) is 6.07 Å². The first-order chi connectivity index (χ1) is 8.02. The molecule has 1 heterocycles. The van der Waals surface area contributed by atoms with Crippen molar-refractivity contribution in [2.45, 2.75) is 26.3 Å². The van der Waals surface area contributed by atoms with Crippen molar-refractivity contribution in [1.82, 2.24) is 4.98 Å². The van der Waals surface area contributed by atoms with Gasteiger partial charge < -0.3 is 5.73 Å². The minimum atomic E-state index is -0.317. The predicted molar refractivity (Wildman–Crippen MR) is 71.4 cm³/mol. The van der Waals surface area contributed by atoms with E-state index in [4.69, 9.17) is 5.73 Å². The summed E-state index contributed by atoms with van der Waals surface area (Å²) in [5.74, 6) is -0.317. The van der Waals surface area contributed by atoms with Gasteiger partial charge in [0, 0.05) is 21.6 Å². The van der Waals surface area contributed by atoms with Gasteiger partial charge in [-0.05, 0) is 37.1 Å². The zero-order chi connectivity index (χ0) is 12.6. The lowest BCUT2D eigenvalue weighted by atomic mass is 9.99. The van der Waals surface area contributed by atoms with Crippen LogP contribution >= 0.6 is 15.9 Å². The largest absolute Gasteiger partial charge is 0.324 e. The average molecular weight is 297 g/mol. The number of fused-ring (bicyclic) bond motifs is 1. The molecule has 2 nitrogen and oxygen atoms in total. The quantitative estimate of drug-likeness (QED) is 0.914. The summed E-state index contributed by atoms with van der Waals surface area (Å²) < 4.78 is 14.5. The standard InChI is InChI=1S/C13H14BrFN2/c1-3-12(16)9-4-7(2)17-13-10(9)5-8(14)6-11(13)15/h4-6,12H,3,16H2,1-2H3. The van der Waals surface area contributed by atoms with Crippen LogP contribution in [0.1, 0.15) is 30.6 Å². The van der Waals surface area contributed by atoms with E-state index in [0.29, 0.717) is 9.99 Å². The summed E-state index contributed by atoms with van der Waals surface area (Å²) in [6.07, 6.45) is 0.812. The Bertz CT molecular complexity index is 569. The lowest BCUT2D eigenvalue weighted by Crippen LogP contribution is -2.10. The van der Waals surface area contributed by atoms with Gasteiger partial charge in [0.1, 0.15) is 5.52 Å². The number of nitrogens with zero attached hydrogens (tertiary/aromatic N) is 1. The Morgan fingerprint density at radius 3 is 2.76 bits per heavy atom. The fourth-order valence-corrected chi connectivity index (χ4v) is 2.37. The highest BCUT2D eigenvalue weighted by molar-refractivity contribution is 9.10. The highest BCUT2D eigenvalue weighted by Crippen LogP contribution is 2.29. The van der Waals surface area contributed by atoms with Gasteiger partial charge in [0.05, 0.1) is 0 Å². The lowest BCUT2D eigenvalue weighted by Gasteiger charge is -2.14. The van der Waals surface area contributed by atoms with Gasteiger partial charge in [-0.25, -0.2) is 4.39 Å². The molecule has 0 aliphatic heterocycles. The van der Waals surface area contributed by atoms with Crippen molar-refractivity contribution in [1.29, 1.82) is 0 Å². The van der Waals surface area contributed by atoms with Crippen LogP contribution in [0.25, 0.3) is 10.9 Å². The minimum Gasteiger partial charge on any atom is -0.324 e. The lowest BCUT2D eigenvalue weighted by molar-refractivity contribution is 0.634. The van der Waals surface area contributed by atoms with Crippen LogP contribution in [0.4, 0.5) is 4.39 Å². The molecule has 4 heteroatoms. The summed E-state index contributed by atoms with van der Waals surface area (Å²) in [6, 6.07) is 5.14. The molecule has 1 atom stereocenters. The van der Waals surface area contributed by atoms with Crippen molar-refractivity contribution in [3.05, 3.63) is 39.7 Å². The molecule has 0 saturated heterocycles. The van der Waals surface area contributed by atoms with Crippen molar-refractivity contribution >= 4 is 26.8 Å². The Hall–Kier alpha value is -1.00. The number of aryl methyl sites for hydroxylation is 1. The molecule has 1 aromatic carbocycles. The van der Waals surface area contributed by atoms with E-state index >= 15 is 0 Å². The molecule has 0 bridgehead atoms. The molecule has 2 N–H and O–H groups in total. The number of hydrogen-bond donors (Lipinski definition) is 1. The van der Waals surface area contributed by atoms with Gasteiger partial charge >= 0.3 is 0 Å². The van der Waals surface area contributed by atoms with Crippen molar-refractivity contribution in [2.75, 3.05) is 0 Å². The number of aromatic nitrogens is 1. The molecule has 1 aromatic heterocycles. The predicted octanol–water partition coefficient (Wildman–Crippen LogP) is 3.85. The van der Waals surface area contributed by atoms with Gasteiger partial charge in [-0.2, -0.15) is 0 Å². The van der Waals surface area contributed by atoms with Crippen molar-refractivity contribution in [3.8, 4) is 0 Å². The first-order valence-electron chi connectivity index (χ1n) is 5.54. The van der Waals surface area contributed by atoms with Crippen LogP contribution < -0.4 is 5.73 Å². The van der Waals surface area contributed by atoms with Crippen LogP contribution in [0.15, 0.2) is 22.7 Å². The van der Waals surface area contributed by atoms with Gasteiger partial charge in [-0.15, -0.1) is 0 Å². The Balaban J connectivity index is 2.82. The minimum absolute atomic E-state index is 0.0899. The molecule has 0 spiro atoms. The second-order valence-electron chi connectivity index (χ2n) is 4.15. The van der Waals surface area contributed by atoms with Gasteiger partial charge in [-0.3, -0.25) is 4.98 Å². The number of hydrogen-bond acceptors (Lipinski definition) is 2. The molecular weight excluding hydrogens is 283 g/mol. The third kappa shape index (κ3) is 2.33. The summed E-state index contributed by atoms with van der Waals surface area (Å²) in [5.41, 5.74) is 8.20. The molecule has 17 heavy (non-hydrogen) atoms. The van der Waals surface area contributed by atoms with E-state index in [9.17, 15) is 4.39 Å². The first-order valence-corrected chi connectivity index (χ1v) is 6.34. The monoisotopic (exact) mass is 296 g/mol. The highest BCUT2D eigenvalue weighted by atomic mass is 79.9. The third-order valence-corrected chi connectivity index (χ3v) is 3.29. The van der Waals surface area contributed by atoms with Gasteiger partial charge in [-0.1, -0.05) is 22.9 Å². The molecular formula is C13H14BrFN2. The number of rotatable bonds is 2. The van der Waals surface area contributed by atoms with Gasteiger partial charge in [0.2, 0.25) is 0 Å². The summed E-state index contributed by atoms with van der Waals surface area (Å²) in [6.45, 7) is 3.87. The van der Waals surface area contributed by atoms with Crippen molar-refractivity contribution in [3.63, 3.8) is 0 Å². The average Bonchev–Trinajstić information content (AvgIpc) is 2.28. The number of nitrogens with two attached hydrogens (primary N) is 1. The Kier molecular flexibility index (Phi) is 3.45. The highest BCUT2D eigenvalue weighted by Gasteiger charge is 2.13. The van der Waals surface area contributed by atoms with E-state index in [-0.39, 0.29) is 11.9 Å². The first kappa shape index (κ1) is 12.5. The second-order valence-corrected chi connectivity index (χ2v) is 5.07. The van der Waals surface area contributed by atoms with Gasteiger partial charge in [0.15, 0.2) is 5.82 Å². The van der Waals surface area contributed by atoms with Crippen LogP contribution in [0.3, 0.4) is 0 Å². The second kappa shape index (κ2) is 4.70. The van der Waals surface area contributed by atoms with E-state index in [0.717, 1.165) is 23.1 Å². The number of halogens is 2. The number of pyridine rings is 1. The summed E-state index contributed by atoms with van der Waals surface area (Å²) >= 11 is 3.30. The molecule has 1 unspecified atom stereocenters. The molecule has 2 rings (SSSR count). The van der Waals surface area contributed by atoms with Crippen molar-refractivity contribution in [2.24, 2.45) is 5.73 Å². The zero-order valence-corrected chi connectivity index (χ0v) is 11.4. The summed E-state index contributed by atoms with van der Waals surface area (Å²) in [7, 11) is 0. The Morgan fingerprint density at radius 2 is 2.12 bits per heavy atom. The van der Waals surface area contributed by atoms with Crippen LogP contribution in [0.2, 0.25) is 0 Å². The Morgan fingerprint density at radius 1 is 1.41 bits per heavy atom. The molecule has 0 fully saturated rings. The van der Waals surface area contributed by atoms with E-state index < -0.39 is 0 Å². The Labute approximate surface area is 108 Å². The van der Waals surface area contributed by atoms with E-state index in [1.807, 2.05) is 26.0 Å².